The Bertz CT molecular complexity index is 540. The minimum Gasteiger partial charge on any atom is -0.477 e. The van der Waals surface area contributed by atoms with Gasteiger partial charge in [-0.2, -0.15) is 0 Å². The first-order valence-electron chi connectivity index (χ1n) is 6.35. The fourth-order valence-electron chi connectivity index (χ4n) is 1.44. The molecule has 9 heteroatoms. The minimum absolute atomic E-state index is 0.00178. The molecule has 0 unspecified atom stereocenters. The van der Waals surface area contributed by atoms with Gasteiger partial charge in [0, 0.05) is 25.6 Å². The fourth-order valence-corrected chi connectivity index (χ4v) is 3.62. The quantitative estimate of drug-likeness (QED) is 0.588. The van der Waals surface area contributed by atoms with Crippen LogP contribution in [0.5, 0.6) is 0 Å². The molecule has 1 aromatic heterocycles. The molecule has 0 aromatic carbocycles. The zero-order chi connectivity index (χ0) is 15.7. The summed E-state index contributed by atoms with van der Waals surface area (Å²) in [5, 5.41) is 10.1. The Balaban J connectivity index is 2.28. The van der Waals surface area contributed by atoms with Crippen LogP contribution in [0.1, 0.15) is 22.5 Å². The van der Waals surface area contributed by atoms with Gasteiger partial charge in [0.2, 0.25) is 10.0 Å². The lowest BCUT2D eigenvalue weighted by Gasteiger charge is -2.05. The summed E-state index contributed by atoms with van der Waals surface area (Å²) < 4.78 is 36.3. The van der Waals surface area contributed by atoms with E-state index in [4.69, 9.17) is 14.6 Å². The first-order valence-corrected chi connectivity index (χ1v) is 8.72. The first kappa shape index (κ1) is 18.1. The Morgan fingerprint density at radius 1 is 1.33 bits per heavy atom. The van der Waals surface area contributed by atoms with Crippen molar-refractivity contribution in [2.45, 2.75) is 17.7 Å². The summed E-state index contributed by atoms with van der Waals surface area (Å²) in [5.41, 5.74) is 0. The Labute approximate surface area is 127 Å². The number of hydrogen-bond donors (Lipinski definition) is 2. The predicted octanol–water partition coefficient (Wildman–Crippen LogP) is 1.17. The van der Waals surface area contributed by atoms with Crippen molar-refractivity contribution in [3.63, 3.8) is 0 Å². The number of carboxylic acids is 1. The summed E-state index contributed by atoms with van der Waals surface area (Å²) in [5.74, 6) is -1.13. The normalized spacial score (nSPS) is 11.7. The highest BCUT2D eigenvalue weighted by atomic mass is 32.2. The molecule has 0 fully saturated rings. The van der Waals surface area contributed by atoms with Gasteiger partial charge in [-0.3, -0.25) is 0 Å². The zero-order valence-corrected chi connectivity index (χ0v) is 13.3. The van der Waals surface area contributed by atoms with Crippen LogP contribution in [0.3, 0.4) is 0 Å². The molecular formula is C12H19NO6S2. The average molecular weight is 337 g/mol. The summed E-state index contributed by atoms with van der Waals surface area (Å²) in [6.07, 6.45) is 1.37. The second kappa shape index (κ2) is 9.11. The molecule has 0 aliphatic rings. The molecule has 1 aromatic rings. The molecule has 0 atom stereocenters. The Kier molecular flexibility index (Phi) is 7.83. The van der Waals surface area contributed by atoms with Gasteiger partial charge in [0.25, 0.3) is 0 Å². The molecule has 120 valence electrons. The van der Waals surface area contributed by atoms with Crippen LogP contribution in [0.15, 0.2) is 16.3 Å². The third-order valence-electron chi connectivity index (χ3n) is 2.54. The van der Waals surface area contributed by atoms with Crippen LogP contribution < -0.4 is 4.72 Å². The van der Waals surface area contributed by atoms with Crippen LogP contribution in [0.25, 0.3) is 0 Å². The van der Waals surface area contributed by atoms with E-state index >= 15 is 0 Å². The number of ether oxygens (including phenoxy) is 2. The van der Waals surface area contributed by atoms with Crippen LogP contribution in [-0.4, -0.2) is 53.0 Å². The molecule has 0 radical (unpaired) electrons. The number of thiophene rings is 1. The van der Waals surface area contributed by atoms with Crippen LogP contribution >= 0.6 is 11.3 Å². The Morgan fingerprint density at radius 3 is 2.71 bits per heavy atom. The van der Waals surface area contributed by atoms with Crippen molar-refractivity contribution >= 4 is 27.3 Å². The highest BCUT2D eigenvalue weighted by Crippen LogP contribution is 2.19. The maximum atomic E-state index is 11.9. The van der Waals surface area contributed by atoms with Crippen molar-refractivity contribution in [2.75, 3.05) is 33.5 Å². The smallest absolute Gasteiger partial charge is 0.345 e. The van der Waals surface area contributed by atoms with Crippen LogP contribution in [0, 0.1) is 0 Å². The summed E-state index contributed by atoms with van der Waals surface area (Å²) in [6.45, 7) is 1.90. The number of unbranched alkanes of at least 4 members (excludes halogenated alkanes) is 1. The van der Waals surface area contributed by atoms with Crippen molar-refractivity contribution in [2.24, 2.45) is 0 Å². The lowest BCUT2D eigenvalue weighted by Crippen LogP contribution is -2.24. The molecule has 0 amide bonds. The molecule has 7 nitrogen and oxygen atoms in total. The highest BCUT2D eigenvalue weighted by molar-refractivity contribution is 7.89. The number of rotatable bonds is 11. The number of carboxylic acid groups (broad SMARTS) is 1. The maximum absolute atomic E-state index is 11.9. The molecule has 1 heterocycles. The van der Waals surface area contributed by atoms with Crippen LogP contribution in [0.4, 0.5) is 0 Å². The topological polar surface area (TPSA) is 102 Å². The number of methoxy groups -OCH3 is 1. The van der Waals surface area contributed by atoms with E-state index in [0.29, 0.717) is 26.2 Å². The molecule has 2 N–H and O–H groups in total. The van der Waals surface area contributed by atoms with Crippen molar-refractivity contribution in [1.82, 2.24) is 4.72 Å². The molecule has 0 saturated heterocycles. The lowest BCUT2D eigenvalue weighted by atomic mass is 10.3. The third-order valence-corrected chi connectivity index (χ3v) is 5.04. The first-order chi connectivity index (χ1) is 9.97. The average Bonchev–Trinajstić information content (AvgIpc) is 2.92. The standard InChI is InChI=1S/C12H19NO6S2/c1-18-6-7-19-5-3-2-4-13-21(16,17)10-8-11(12(14)15)20-9-10/h8-9,13H,2-7H2,1H3,(H,14,15). The van der Waals surface area contributed by atoms with Gasteiger partial charge in [-0.1, -0.05) is 0 Å². The summed E-state index contributed by atoms with van der Waals surface area (Å²) in [6, 6.07) is 1.16. The van der Waals surface area contributed by atoms with Crippen LogP contribution in [0.2, 0.25) is 0 Å². The van der Waals surface area contributed by atoms with Gasteiger partial charge in [0.1, 0.15) is 4.88 Å². The second-order valence-corrected chi connectivity index (χ2v) is 6.84. The maximum Gasteiger partial charge on any atom is 0.345 e. The zero-order valence-electron chi connectivity index (χ0n) is 11.7. The minimum atomic E-state index is -3.64. The van der Waals surface area contributed by atoms with Gasteiger partial charge < -0.3 is 14.6 Å². The van der Waals surface area contributed by atoms with E-state index in [1.807, 2.05) is 0 Å². The number of sulfonamides is 1. The largest absolute Gasteiger partial charge is 0.477 e. The number of nitrogens with one attached hydrogen (secondary N) is 1. The Morgan fingerprint density at radius 2 is 2.10 bits per heavy atom. The summed E-state index contributed by atoms with van der Waals surface area (Å²) >= 11 is 0.889. The summed E-state index contributed by atoms with van der Waals surface area (Å²) in [7, 11) is -2.04. The van der Waals surface area contributed by atoms with Crippen LogP contribution in [-0.2, 0) is 19.5 Å². The molecule has 0 aliphatic heterocycles. The van der Waals surface area contributed by atoms with Crippen molar-refractivity contribution < 1.29 is 27.8 Å². The van der Waals surface area contributed by atoms with E-state index in [1.54, 1.807) is 7.11 Å². The van der Waals surface area contributed by atoms with Gasteiger partial charge in [0.15, 0.2) is 0 Å². The van der Waals surface area contributed by atoms with E-state index in [-0.39, 0.29) is 16.3 Å². The molecular weight excluding hydrogens is 318 g/mol. The highest BCUT2D eigenvalue weighted by Gasteiger charge is 2.17. The molecule has 0 aliphatic carbocycles. The second-order valence-electron chi connectivity index (χ2n) is 4.16. The lowest BCUT2D eigenvalue weighted by molar-refractivity contribution is 0.0689. The van der Waals surface area contributed by atoms with Gasteiger partial charge in [-0.25, -0.2) is 17.9 Å². The van der Waals surface area contributed by atoms with E-state index < -0.39 is 16.0 Å². The van der Waals surface area contributed by atoms with Gasteiger partial charge in [0.05, 0.1) is 18.1 Å². The fraction of sp³-hybridized carbons (Fsp3) is 0.583. The summed E-state index contributed by atoms with van der Waals surface area (Å²) in [4.78, 5) is 10.7. The predicted molar refractivity (Wildman–Crippen MR) is 78.4 cm³/mol. The van der Waals surface area contributed by atoms with E-state index in [1.165, 1.54) is 5.38 Å². The number of carbonyl (C=O) groups is 1. The monoisotopic (exact) mass is 337 g/mol. The number of hydrogen-bond acceptors (Lipinski definition) is 6. The van der Waals surface area contributed by atoms with Crippen molar-refractivity contribution in [3.05, 3.63) is 16.3 Å². The van der Waals surface area contributed by atoms with Gasteiger partial charge in [-0.05, 0) is 18.9 Å². The van der Waals surface area contributed by atoms with Gasteiger partial charge in [-0.15, -0.1) is 11.3 Å². The molecule has 0 spiro atoms. The third kappa shape index (κ3) is 6.53. The molecule has 0 saturated carbocycles. The molecule has 21 heavy (non-hydrogen) atoms. The molecule has 0 bridgehead atoms. The Hall–Kier alpha value is -1.00. The number of aromatic carboxylic acids is 1. The van der Waals surface area contributed by atoms with Gasteiger partial charge >= 0.3 is 5.97 Å². The van der Waals surface area contributed by atoms with E-state index in [2.05, 4.69) is 4.72 Å². The van der Waals surface area contributed by atoms with E-state index in [9.17, 15) is 13.2 Å². The molecule has 1 rings (SSSR count). The SMILES string of the molecule is COCCOCCCCNS(=O)(=O)c1csc(C(=O)O)c1. The van der Waals surface area contributed by atoms with Crippen molar-refractivity contribution in [1.29, 1.82) is 0 Å². The van der Waals surface area contributed by atoms with Crippen molar-refractivity contribution in [3.8, 4) is 0 Å². The van der Waals surface area contributed by atoms with E-state index in [0.717, 1.165) is 23.8 Å².